The van der Waals surface area contributed by atoms with E-state index in [1.54, 1.807) is 4.90 Å². The van der Waals surface area contributed by atoms with Crippen LogP contribution in [0.5, 0.6) is 0 Å². The van der Waals surface area contributed by atoms with Crippen molar-refractivity contribution in [1.82, 2.24) is 5.32 Å². The van der Waals surface area contributed by atoms with Gasteiger partial charge in [-0.25, -0.2) is 4.79 Å². The van der Waals surface area contributed by atoms with E-state index < -0.39 is 0 Å². The Bertz CT molecular complexity index is 499. The van der Waals surface area contributed by atoms with Crippen molar-refractivity contribution in [3.05, 3.63) is 29.3 Å². The first-order valence-electron chi connectivity index (χ1n) is 7.04. The van der Waals surface area contributed by atoms with Gasteiger partial charge in [0.25, 0.3) is 0 Å². The van der Waals surface area contributed by atoms with Crippen molar-refractivity contribution in [3.8, 4) is 0 Å². The molecule has 0 spiro atoms. The second kappa shape index (κ2) is 5.26. The monoisotopic (exact) mass is 294 g/mol. The van der Waals surface area contributed by atoms with Gasteiger partial charge in [-0.2, -0.15) is 0 Å². The molecule has 0 aliphatic carbocycles. The Morgan fingerprint density at radius 1 is 1.30 bits per heavy atom. The predicted molar refractivity (Wildman–Crippen MR) is 79.3 cm³/mol. The maximum Gasteiger partial charge on any atom is 0.415 e. The van der Waals surface area contributed by atoms with Crippen LogP contribution in [-0.4, -0.2) is 31.3 Å². The summed E-state index contributed by atoms with van der Waals surface area (Å²) in [4.78, 5) is 14.0. The molecule has 5 heteroatoms. The number of halogens is 1. The van der Waals surface area contributed by atoms with Gasteiger partial charge in [0.15, 0.2) is 0 Å². The molecule has 3 rings (SSSR count). The summed E-state index contributed by atoms with van der Waals surface area (Å²) in [6, 6.07) is 7.39. The molecule has 2 fully saturated rings. The number of nitrogens with zero attached hydrogens (tertiary/aromatic N) is 1. The highest BCUT2D eigenvalue weighted by Gasteiger charge is 2.49. The van der Waals surface area contributed by atoms with Gasteiger partial charge >= 0.3 is 6.09 Å². The second-order valence-electron chi connectivity index (χ2n) is 5.75. The van der Waals surface area contributed by atoms with Gasteiger partial charge in [0.2, 0.25) is 0 Å². The number of carbonyl (C=O) groups excluding carboxylic acids is 1. The third-order valence-corrected chi connectivity index (χ3v) is 4.74. The Hall–Kier alpha value is -1.26. The Kier molecular flexibility index (Phi) is 3.61. The van der Waals surface area contributed by atoms with Crippen LogP contribution in [0, 0.1) is 5.92 Å². The number of anilines is 1. The molecule has 20 heavy (non-hydrogen) atoms. The standard InChI is InChI=1S/C15H19ClN2O2/c1-15(11-6-8-17-9-7-11)10-20-14(19)18(15)13-4-2-12(16)3-5-13/h2-5,11,17H,6-10H2,1H3. The quantitative estimate of drug-likeness (QED) is 0.911. The maximum absolute atomic E-state index is 12.2. The molecule has 2 saturated heterocycles. The van der Waals surface area contributed by atoms with Crippen molar-refractivity contribution in [2.24, 2.45) is 5.92 Å². The molecule has 2 aliphatic heterocycles. The normalized spacial score (nSPS) is 27.7. The molecule has 4 nitrogen and oxygen atoms in total. The van der Waals surface area contributed by atoms with Crippen LogP contribution < -0.4 is 10.2 Å². The first-order valence-corrected chi connectivity index (χ1v) is 7.42. The number of carbonyl (C=O) groups is 1. The summed E-state index contributed by atoms with van der Waals surface area (Å²) in [6.45, 7) is 4.59. The number of rotatable bonds is 2. The molecule has 0 saturated carbocycles. The lowest BCUT2D eigenvalue weighted by Crippen LogP contribution is -2.53. The highest BCUT2D eigenvalue weighted by Crippen LogP contribution is 2.39. The molecule has 1 atom stereocenters. The predicted octanol–water partition coefficient (Wildman–Crippen LogP) is 3.05. The minimum absolute atomic E-state index is 0.256. The van der Waals surface area contributed by atoms with E-state index in [9.17, 15) is 4.79 Å². The van der Waals surface area contributed by atoms with E-state index in [0.29, 0.717) is 17.5 Å². The lowest BCUT2D eigenvalue weighted by atomic mass is 9.79. The summed E-state index contributed by atoms with van der Waals surface area (Å²) >= 11 is 5.93. The van der Waals surface area contributed by atoms with E-state index in [1.165, 1.54) is 0 Å². The number of hydrogen-bond acceptors (Lipinski definition) is 3. The highest BCUT2D eigenvalue weighted by atomic mass is 35.5. The van der Waals surface area contributed by atoms with E-state index in [1.807, 2.05) is 24.3 Å². The van der Waals surface area contributed by atoms with E-state index >= 15 is 0 Å². The molecule has 1 amide bonds. The summed E-state index contributed by atoms with van der Waals surface area (Å²) in [5.74, 6) is 0.450. The summed E-state index contributed by atoms with van der Waals surface area (Å²) in [5.41, 5.74) is 0.588. The zero-order chi connectivity index (χ0) is 14.2. The molecule has 108 valence electrons. The molecule has 2 aliphatic rings. The first kappa shape index (κ1) is 13.7. The van der Waals surface area contributed by atoms with Crippen molar-refractivity contribution in [3.63, 3.8) is 0 Å². The Morgan fingerprint density at radius 3 is 2.60 bits per heavy atom. The average Bonchev–Trinajstić information content (AvgIpc) is 2.78. The fraction of sp³-hybridized carbons (Fsp3) is 0.533. The van der Waals surface area contributed by atoms with Crippen LogP contribution in [0.15, 0.2) is 24.3 Å². The van der Waals surface area contributed by atoms with E-state index in [0.717, 1.165) is 31.6 Å². The van der Waals surface area contributed by atoms with Crippen molar-refractivity contribution in [2.75, 3.05) is 24.6 Å². The maximum atomic E-state index is 12.2. The summed E-state index contributed by atoms with van der Waals surface area (Å²) < 4.78 is 5.35. The Balaban J connectivity index is 1.92. The van der Waals surface area contributed by atoms with Gasteiger partial charge in [-0.1, -0.05) is 11.6 Å². The van der Waals surface area contributed by atoms with Crippen molar-refractivity contribution >= 4 is 23.4 Å². The van der Waals surface area contributed by atoms with Gasteiger partial charge in [0.05, 0.1) is 5.54 Å². The smallest absolute Gasteiger partial charge is 0.415 e. The van der Waals surface area contributed by atoms with Crippen LogP contribution in [0.3, 0.4) is 0 Å². The van der Waals surface area contributed by atoms with Crippen LogP contribution in [0.2, 0.25) is 5.02 Å². The number of benzene rings is 1. The van der Waals surface area contributed by atoms with Crippen molar-refractivity contribution < 1.29 is 9.53 Å². The minimum Gasteiger partial charge on any atom is -0.447 e. The Labute approximate surface area is 124 Å². The molecule has 0 aromatic heterocycles. The third-order valence-electron chi connectivity index (χ3n) is 4.48. The average molecular weight is 295 g/mol. The van der Waals surface area contributed by atoms with Crippen molar-refractivity contribution in [1.29, 1.82) is 0 Å². The number of piperidine rings is 1. The van der Waals surface area contributed by atoms with Gasteiger partial charge < -0.3 is 10.1 Å². The first-order chi connectivity index (χ1) is 9.61. The molecule has 0 radical (unpaired) electrons. The summed E-state index contributed by atoms with van der Waals surface area (Å²) in [7, 11) is 0. The molecular weight excluding hydrogens is 276 g/mol. The fourth-order valence-electron chi connectivity index (χ4n) is 3.28. The van der Waals surface area contributed by atoms with Crippen LogP contribution >= 0.6 is 11.6 Å². The number of hydrogen-bond donors (Lipinski definition) is 1. The third kappa shape index (κ3) is 2.27. The SMILES string of the molecule is CC1(C2CCNCC2)COC(=O)N1c1ccc(Cl)cc1. The molecule has 0 bridgehead atoms. The van der Waals surface area contributed by atoms with E-state index in [2.05, 4.69) is 12.2 Å². The van der Waals surface area contributed by atoms with Gasteiger partial charge in [0.1, 0.15) is 6.61 Å². The number of ether oxygens (including phenoxy) is 1. The fourth-order valence-corrected chi connectivity index (χ4v) is 3.41. The molecule has 1 N–H and O–H groups in total. The van der Waals surface area contributed by atoms with Crippen LogP contribution in [0.1, 0.15) is 19.8 Å². The van der Waals surface area contributed by atoms with Crippen LogP contribution in [0.4, 0.5) is 10.5 Å². The highest BCUT2D eigenvalue weighted by molar-refractivity contribution is 6.30. The lowest BCUT2D eigenvalue weighted by Gasteiger charge is -2.41. The zero-order valence-corrected chi connectivity index (χ0v) is 12.3. The Morgan fingerprint density at radius 2 is 1.95 bits per heavy atom. The largest absolute Gasteiger partial charge is 0.447 e. The minimum atomic E-state index is -0.271. The van der Waals surface area contributed by atoms with Gasteiger partial charge in [0, 0.05) is 10.7 Å². The molecule has 2 heterocycles. The molecule has 1 aromatic rings. The summed E-state index contributed by atoms with van der Waals surface area (Å²) in [5, 5.41) is 4.04. The van der Waals surface area contributed by atoms with E-state index in [-0.39, 0.29) is 11.6 Å². The number of nitrogens with one attached hydrogen (secondary N) is 1. The van der Waals surface area contributed by atoms with Crippen LogP contribution in [0.25, 0.3) is 0 Å². The summed E-state index contributed by atoms with van der Waals surface area (Å²) in [6.07, 6.45) is 1.88. The van der Waals surface area contributed by atoms with Gasteiger partial charge in [-0.15, -0.1) is 0 Å². The number of cyclic esters (lactones) is 1. The van der Waals surface area contributed by atoms with E-state index in [4.69, 9.17) is 16.3 Å². The van der Waals surface area contributed by atoms with Gasteiger partial charge in [-0.3, -0.25) is 4.90 Å². The topological polar surface area (TPSA) is 41.6 Å². The van der Waals surface area contributed by atoms with Crippen molar-refractivity contribution in [2.45, 2.75) is 25.3 Å². The molecular formula is C15H19ClN2O2. The molecule has 1 unspecified atom stereocenters. The second-order valence-corrected chi connectivity index (χ2v) is 6.18. The molecule has 1 aromatic carbocycles. The van der Waals surface area contributed by atoms with Crippen LogP contribution in [-0.2, 0) is 4.74 Å². The number of amides is 1. The zero-order valence-electron chi connectivity index (χ0n) is 11.6. The van der Waals surface area contributed by atoms with Gasteiger partial charge in [-0.05, 0) is 63.0 Å². The lowest BCUT2D eigenvalue weighted by molar-refractivity contribution is 0.156.